The second kappa shape index (κ2) is 4.59. The van der Waals surface area contributed by atoms with Crippen molar-refractivity contribution in [3.63, 3.8) is 0 Å². The Labute approximate surface area is 108 Å². The zero-order chi connectivity index (χ0) is 13.3. The molecule has 1 N–H and O–H groups in total. The number of hydrogen-bond acceptors (Lipinski definition) is 3. The minimum Gasteiger partial charge on any atom is -0.382 e. The number of rotatable bonds is 3. The number of nitro benzene ring substituents is 1. The van der Waals surface area contributed by atoms with Crippen LogP contribution in [0.25, 0.3) is 0 Å². The lowest BCUT2D eigenvalue weighted by Crippen LogP contribution is -2.31. The molecule has 0 saturated heterocycles. The first-order valence-electron chi connectivity index (χ1n) is 6.42. The average molecular weight is 248 g/mol. The second-order valence-corrected chi connectivity index (χ2v) is 5.83. The van der Waals surface area contributed by atoms with Crippen LogP contribution in [0.1, 0.15) is 38.7 Å². The van der Waals surface area contributed by atoms with E-state index in [0.29, 0.717) is 11.5 Å². The molecule has 4 nitrogen and oxygen atoms in total. The second-order valence-electron chi connectivity index (χ2n) is 5.83. The fourth-order valence-electron chi connectivity index (χ4n) is 2.71. The third-order valence-corrected chi connectivity index (χ3v) is 4.01. The number of nitrogens with one attached hydrogen (secondary N) is 1. The van der Waals surface area contributed by atoms with Gasteiger partial charge in [0.2, 0.25) is 0 Å². The molecule has 1 unspecified atom stereocenters. The van der Waals surface area contributed by atoms with Gasteiger partial charge >= 0.3 is 0 Å². The van der Waals surface area contributed by atoms with Gasteiger partial charge in [-0.15, -0.1) is 0 Å². The molecule has 1 aliphatic rings. The summed E-state index contributed by atoms with van der Waals surface area (Å²) >= 11 is 0. The van der Waals surface area contributed by atoms with E-state index >= 15 is 0 Å². The van der Waals surface area contributed by atoms with Crippen LogP contribution in [0.4, 0.5) is 11.4 Å². The monoisotopic (exact) mass is 248 g/mol. The van der Waals surface area contributed by atoms with E-state index in [0.717, 1.165) is 11.3 Å². The summed E-state index contributed by atoms with van der Waals surface area (Å²) in [5.74, 6) is 0. The molecule has 1 aromatic rings. The fourth-order valence-corrected chi connectivity index (χ4v) is 2.71. The highest BCUT2D eigenvalue weighted by Gasteiger charge is 2.34. The molecule has 0 bridgehead atoms. The molecule has 0 aromatic heterocycles. The van der Waals surface area contributed by atoms with Crippen LogP contribution in [0.2, 0.25) is 0 Å². The molecule has 1 aromatic carbocycles. The molecule has 0 amide bonds. The summed E-state index contributed by atoms with van der Waals surface area (Å²) in [7, 11) is 0. The Morgan fingerprint density at radius 1 is 1.44 bits per heavy atom. The van der Waals surface area contributed by atoms with Gasteiger partial charge < -0.3 is 5.32 Å². The van der Waals surface area contributed by atoms with Gasteiger partial charge in [0.1, 0.15) is 0 Å². The van der Waals surface area contributed by atoms with Crippen LogP contribution in [-0.4, -0.2) is 11.0 Å². The van der Waals surface area contributed by atoms with E-state index in [2.05, 4.69) is 19.2 Å². The van der Waals surface area contributed by atoms with Crippen LogP contribution in [0.15, 0.2) is 18.2 Å². The topological polar surface area (TPSA) is 55.2 Å². The minimum absolute atomic E-state index is 0.156. The predicted molar refractivity (Wildman–Crippen MR) is 72.9 cm³/mol. The SMILES string of the molecule is Cc1cc([N+](=O)[O-])ccc1NC1CCCC1(C)C. The van der Waals surface area contributed by atoms with Crippen molar-refractivity contribution in [2.75, 3.05) is 5.32 Å². The fraction of sp³-hybridized carbons (Fsp3) is 0.571. The van der Waals surface area contributed by atoms with Crippen molar-refractivity contribution in [2.24, 2.45) is 5.41 Å². The highest BCUT2D eigenvalue weighted by atomic mass is 16.6. The van der Waals surface area contributed by atoms with Crippen molar-refractivity contribution in [1.29, 1.82) is 0 Å². The van der Waals surface area contributed by atoms with Gasteiger partial charge in [-0.05, 0) is 36.8 Å². The number of nitro groups is 1. The molecular weight excluding hydrogens is 228 g/mol. The van der Waals surface area contributed by atoms with Gasteiger partial charge in [0.05, 0.1) is 4.92 Å². The first-order chi connectivity index (χ1) is 8.40. The first kappa shape index (κ1) is 12.9. The lowest BCUT2D eigenvalue weighted by molar-refractivity contribution is -0.384. The molecule has 4 heteroatoms. The smallest absolute Gasteiger partial charge is 0.269 e. The van der Waals surface area contributed by atoms with Crippen molar-refractivity contribution in [3.05, 3.63) is 33.9 Å². The number of hydrogen-bond donors (Lipinski definition) is 1. The van der Waals surface area contributed by atoms with Crippen LogP contribution in [0.5, 0.6) is 0 Å². The van der Waals surface area contributed by atoms with Crippen molar-refractivity contribution in [3.8, 4) is 0 Å². The summed E-state index contributed by atoms with van der Waals surface area (Å²) in [6.07, 6.45) is 3.65. The van der Waals surface area contributed by atoms with E-state index in [1.807, 2.05) is 13.0 Å². The molecular formula is C14H20N2O2. The van der Waals surface area contributed by atoms with Gasteiger partial charge in [0, 0.05) is 23.9 Å². The number of anilines is 1. The van der Waals surface area contributed by atoms with Crippen molar-refractivity contribution in [2.45, 2.75) is 46.1 Å². The van der Waals surface area contributed by atoms with Crippen molar-refractivity contribution >= 4 is 11.4 Å². The van der Waals surface area contributed by atoms with Crippen LogP contribution in [0.3, 0.4) is 0 Å². The molecule has 2 rings (SSSR count). The molecule has 1 atom stereocenters. The van der Waals surface area contributed by atoms with E-state index in [1.165, 1.54) is 19.3 Å². The third kappa shape index (κ3) is 2.47. The number of nitrogens with zero attached hydrogens (tertiary/aromatic N) is 1. The highest BCUT2D eigenvalue weighted by Crippen LogP contribution is 2.39. The minimum atomic E-state index is -0.351. The molecule has 1 fully saturated rings. The van der Waals surface area contributed by atoms with E-state index in [-0.39, 0.29) is 10.6 Å². The Bertz CT molecular complexity index is 469. The normalized spacial score (nSPS) is 21.8. The van der Waals surface area contributed by atoms with Gasteiger partial charge in [-0.2, -0.15) is 0 Å². The van der Waals surface area contributed by atoms with Gasteiger partial charge in [-0.1, -0.05) is 20.3 Å². The molecule has 0 spiro atoms. The maximum atomic E-state index is 10.7. The predicted octanol–water partition coefficient (Wildman–Crippen LogP) is 3.89. The Hall–Kier alpha value is -1.58. The molecule has 1 saturated carbocycles. The Kier molecular flexibility index (Phi) is 3.28. The highest BCUT2D eigenvalue weighted by molar-refractivity contribution is 5.56. The lowest BCUT2D eigenvalue weighted by Gasteiger charge is -2.29. The summed E-state index contributed by atoms with van der Waals surface area (Å²) in [4.78, 5) is 10.3. The lowest BCUT2D eigenvalue weighted by atomic mass is 9.87. The molecule has 18 heavy (non-hydrogen) atoms. The van der Waals surface area contributed by atoms with Crippen LogP contribution < -0.4 is 5.32 Å². The molecule has 1 aliphatic carbocycles. The van der Waals surface area contributed by atoms with Crippen molar-refractivity contribution in [1.82, 2.24) is 0 Å². The number of benzene rings is 1. The summed E-state index contributed by atoms with van der Waals surface area (Å²) in [6, 6.07) is 5.47. The summed E-state index contributed by atoms with van der Waals surface area (Å²) in [6.45, 7) is 6.47. The zero-order valence-electron chi connectivity index (χ0n) is 11.2. The summed E-state index contributed by atoms with van der Waals surface area (Å²) in [5.41, 5.74) is 2.41. The van der Waals surface area contributed by atoms with Gasteiger partial charge in [0.15, 0.2) is 0 Å². The quantitative estimate of drug-likeness (QED) is 0.652. The Morgan fingerprint density at radius 2 is 2.17 bits per heavy atom. The van der Waals surface area contributed by atoms with E-state index in [4.69, 9.17) is 0 Å². The Morgan fingerprint density at radius 3 is 2.67 bits per heavy atom. The first-order valence-corrected chi connectivity index (χ1v) is 6.42. The summed E-state index contributed by atoms with van der Waals surface area (Å²) < 4.78 is 0. The maximum Gasteiger partial charge on any atom is 0.269 e. The largest absolute Gasteiger partial charge is 0.382 e. The molecule has 98 valence electrons. The standard InChI is InChI=1S/C14H20N2O2/c1-10-9-11(16(17)18)6-7-12(10)15-13-5-4-8-14(13,2)3/h6-7,9,13,15H,4-5,8H2,1-3H3. The average Bonchev–Trinajstić information content (AvgIpc) is 2.61. The number of aryl methyl sites for hydroxylation is 1. The van der Waals surface area contributed by atoms with E-state index < -0.39 is 0 Å². The molecule has 0 heterocycles. The van der Waals surface area contributed by atoms with Crippen LogP contribution in [-0.2, 0) is 0 Å². The van der Waals surface area contributed by atoms with Gasteiger partial charge in [-0.3, -0.25) is 10.1 Å². The van der Waals surface area contributed by atoms with E-state index in [1.54, 1.807) is 12.1 Å². The Balaban J connectivity index is 2.17. The maximum absolute atomic E-state index is 10.7. The van der Waals surface area contributed by atoms with E-state index in [9.17, 15) is 10.1 Å². The molecule has 0 aliphatic heterocycles. The third-order valence-electron chi connectivity index (χ3n) is 4.01. The molecule has 0 radical (unpaired) electrons. The van der Waals surface area contributed by atoms with Crippen LogP contribution in [0, 0.1) is 22.5 Å². The zero-order valence-corrected chi connectivity index (χ0v) is 11.2. The van der Waals surface area contributed by atoms with Gasteiger partial charge in [-0.25, -0.2) is 0 Å². The summed E-state index contributed by atoms with van der Waals surface area (Å²) in [5, 5.41) is 14.2. The van der Waals surface area contributed by atoms with Gasteiger partial charge in [0.25, 0.3) is 5.69 Å². The van der Waals surface area contributed by atoms with Crippen molar-refractivity contribution < 1.29 is 4.92 Å². The van der Waals surface area contributed by atoms with Crippen LogP contribution >= 0.6 is 0 Å². The number of non-ortho nitro benzene ring substituents is 1.